The smallest absolute Gasteiger partial charge is 0.373 e. The van der Waals surface area contributed by atoms with Crippen LogP contribution in [0.2, 0.25) is 0 Å². The fourth-order valence-corrected chi connectivity index (χ4v) is 4.23. The molecule has 2 heterocycles. The highest BCUT2D eigenvalue weighted by Crippen LogP contribution is 2.35. The van der Waals surface area contributed by atoms with Crippen molar-refractivity contribution in [1.29, 1.82) is 0 Å². The van der Waals surface area contributed by atoms with E-state index in [1.54, 1.807) is 32.2 Å². The minimum absolute atomic E-state index is 0.0989. The largest absolute Gasteiger partial charge is 0.432 e. The van der Waals surface area contributed by atoms with Gasteiger partial charge in [0.2, 0.25) is 15.8 Å². The number of pyridine rings is 1. The third kappa shape index (κ3) is 4.92. The van der Waals surface area contributed by atoms with Crippen molar-refractivity contribution < 1.29 is 18.1 Å². The number of rotatable bonds is 9. The van der Waals surface area contributed by atoms with E-state index in [1.807, 2.05) is 0 Å². The van der Waals surface area contributed by atoms with Gasteiger partial charge in [-0.05, 0) is 36.4 Å². The molecule has 0 saturated carbocycles. The Balaban J connectivity index is 1.89. The maximum atomic E-state index is 12.6. The zero-order valence-electron chi connectivity index (χ0n) is 16.8. The van der Waals surface area contributed by atoms with Crippen LogP contribution in [0.4, 0.5) is 17.2 Å². The Morgan fingerprint density at radius 2 is 1.84 bits per heavy atom. The van der Waals surface area contributed by atoms with Gasteiger partial charge in [-0.3, -0.25) is 15.1 Å². The molecule has 0 amide bonds. The molecule has 0 unspecified atom stereocenters. The van der Waals surface area contributed by atoms with Crippen LogP contribution in [0.25, 0.3) is 0 Å². The Hall–Kier alpha value is -3.64. The monoisotopic (exact) mass is 444 g/mol. The van der Waals surface area contributed by atoms with Crippen molar-refractivity contribution >= 4 is 27.2 Å². The molecule has 0 aliphatic rings. The molecule has 3 aromatic rings. The highest BCUT2D eigenvalue weighted by molar-refractivity contribution is 7.89. The lowest BCUT2D eigenvalue weighted by molar-refractivity contribution is -0.385. The van der Waals surface area contributed by atoms with E-state index in [4.69, 9.17) is 4.74 Å². The van der Waals surface area contributed by atoms with E-state index in [9.17, 15) is 18.5 Å². The second-order valence-corrected chi connectivity index (χ2v) is 8.10. The van der Waals surface area contributed by atoms with Gasteiger partial charge in [-0.15, -0.1) is 0 Å². The van der Waals surface area contributed by atoms with E-state index in [2.05, 4.69) is 20.3 Å². The van der Waals surface area contributed by atoms with Crippen molar-refractivity contribution in [3.63, 3.8) is 0 Å². The van der Waals surface area contributed by atoms with E-state index in [-0.39, 0.29) is 22.3 Å². The van der Waals surface area contributed by atoms with Crippen molar-refractivity contribution in [2.24, 2.45) is 0 Å². The van der Waals surface area contributed by atoms with Crippen molar-refractivity contribution in [1.82, 2.24) is 19.3 Å². The summed E-state index contributed by atoms with van der Waals surface area (Å²) in [5, 5.41) is 14.5. The van der Waals surface area contributed by atoms with Crippen LogP contribution >= 0.6 is 0 Å². The van der Waals surface area contributed by atoms with Crippen LogP contribution in [0.1, 0.15) is 13.8 Å². The number of nitrogens with one attached hydrogen (secondary N) is 1. The predicted octanol–water partition coefficient (Wildman–Crippen LogP) is 3.35. The van der Waals surface area contributed by atoms with Gasteiger partial charge >= 0.3 is 11.6 Å². The van der Waals surface area contributed by atoms with Crippen molar-refractivity contribution in [2.75, 3.05) is 18.4 Å². The molecule has 12 heteroatoms. The Kier molecular flexibility index (Phi) is 6.72. The average molecular weight is 444 g/mol. The molecule has 0 aliphatic heterocycles. The number of ether oxygens (including phenoxy) is 1. The number of hydrogen-bond donors (Lipinski definition) is 1. The molecule has 0 fully saturated rings. The maximum absolute atomic E-state index is 12.6. The third-order valence-electron chi connectivity index (χ3n) is 4.28. The quantitative estimate of drug-likeness (QED) is 0.388. The van der Waals surface area contributed by atoms with Crippen LogP contribution in [0.5, 0.6) is 11.6 Å². The zero-order chi connectivity index (χ0) is 22.4. The summed E-state index contributed by atoms with van der Waals surface area (Å²) in [6.45, 7) is 4.23. The highest BCUT2D eigenvalue weighted by Gasteiger charge is 2.26. The molecule has 2 aromatic heterocycles. The SMILES string of the molecule is CCN(CC)S(=O)(=O)c1ccc(Nc2ncnc(Oc3cccnc3)c2[N+](=O)[O-])cc1. The predicted molar refractivity (Wildman–Crippen MR) is 113 cm³/mol. The molecular formula is C19H20N6O5S. The Labute approximate surface area is 179 Å². The zero-order valence-corrected chi connectivity index (χ0v) is 17.6. The Morgan fingerprint density at radius 1 is 1.13 bits per heavy atom. The molecular weight excluding hydrogens is 424 g/mol. The number of aromatic nitrogens is 3. The van der Waals surface area contributed by atoms with Crippen molar-refractivity contribution in [3.05, 3.63) is 65.2 Å². The summed E-state index contributed by atoms with van der Waals surface area (Å²) in [7, 11) is -3.61. The van der Waals surface area contributed by atoms with Crippen LogP contribution in [-0.4, -0.2) is 45.7 Å². The van der Waals surface area contributed by atoms with Gasteiger partial charge in [-0.25, -0.2) is 13.4 Å². The second kappa shape index (κ2) is 9.45. The van der Waals surface area contributed by atoms with Gasteiger partial charge in [0.1, 0.15) is 12.1 Å². The van der Waals surface area contributed by atoms with E-state index >= 15 is 0 Å². The molecule has 0 atom stereocenters. The lowest BCUT2D eigenvalue weighted by Crippen LogP contribution is -2.30. The van der Waals surface area contributed by atoms with Crippen LogP contribution < -0.4 is 10.1 Å². The van der Waals surface area contributed by atoms with Gasteiger partial charge in [-0.2, -0.15) is 9.29 Å². The van der Waals surface area contributed by atoms with Crippen LogP contribution in [-0.2, 0) is 10.0 Å². The summed E-state index contributed by atoms with van der Waals surface area (Å²) >= 11 is 0. The molecule has 1 N–H and O–H groups in total. The maximum Gasteiger partial charge on any atom is 0.373 e. The first-order valence-corrected chi connectivity index (χ1v) is 10.7. The van der Waals surface area contributed by atoms with Gasteiger partial charge in [0.15, 0.2) is 0 Å². The fourth-order valence-electron chi connectivity index (χ4n) is 2.77. The Morgan fingerprint density at radius 3 is 2.42 bits per heavy atom. The van der Waals surface area contributed by atoms with E-state index < -0.39 is 20.6 Å². The minimum Gasteiger partial charge on any atom is -0.432 e. The molecule has 3 rings (SSSR count). The summed E-state index contributed by atoms with van der Waals surface area (Å²) in [5.41, 5.74) is -0.0567. The van der Waals surface area contributed by atoms with Crippen LogP contribution in [0.3, 0.4) is 0 Å². The van der Waals surface area contributed by atoms with E-state index in [0.717, 1.165) is 6.33 Å². The lowest BCUT2D eigenvalue weighted by atomic mass is 10.3. The first kappa shape index (κ1) is 22.1. The van der Waals surface area contributed by atoms with Gasteiger partial charge in [0.25, 0.3) is 0 Å². The molecule has 31 heavy (non-hydrogen) atoms. The lowest BCUT2D eigenvalue weighted by Gasteiger charge is -2.18. The summed E-state index contributed by atoms with van der Waals surface area (Å²) in [5.74, 6) is -0.0734. The molecule has 1 aromatic carbocycles. The molecule has 0 bridgehead atoms. The summed E-state index contributed by atoms with van der Waals surface area (Å²) in [6.07, 6.45) is 4.06. The first-order chi connectivity index (χ1) is 14.9. The fraction of sp³-hybridized carbons (Fsp3) is 0.211. The average Bonchev–Trinajstić information content (AvgIpc) is 2.75. The number of anilines is 2. The minimum atomic E-state index is -3.61. The second-order valence-electron chi connectivity index (χ2n) is 6.16. The Bertz CT molecular complexity index is 1150. The van der Waals surface area contributed by atoms with Gasteiger partial charge in [0, 0.05) is 25.0 Å². The highest BCUT2D eigenvalue weighted by atomic mass is 32.2. The number of nitrogens with zero attached hydrogens (tertiary/aromatic N) is 5. The van der Waals surface area contributed by atoms with E-state index in [1.165, 1.54) is 34.8 Å². The van der Waals surface area contributed by atoms with E-state index in [0.29, 0.717) is 18.8 Å². The number of hydrogen-bond acceptors (Lipinski definition) is 9. The standard InChI is InChI=1S/C19H20N6O5S/c1-3-24(4-2)31(28,29)16-9-7-14(8-10-16)23-18-17(25(26)27)19(22-13-21-18)30-15-6-5-11-20-12-15/h5-13H,3-4H2,1-2H3,(H,21,22,23). The summed E-state index contributed by atoms with van der Waals surface area (Å²) in [4.78, 5) is 22.8. The third-order valence-corrected chi connectivity index (χ3v) is 6.34. The van der Waals surface area contributed by atoms with Crippen molar-refractivity contribution in [3.8, 4) is 11.6 Å². The van der Waals surface area contributed by atoms with Crippen LogP contribution in [0.15, 0.2) is 60.0 Å². The van der Waals surface area contributed by atoms with Gasteiger partial charge < -0.3 is 10.1 Å². The van der Waals surface area contributed by atoms with Crippen LogP contribution in [0, 0.1) is 10.1 Å². The molecule has 162 valence electrons. The van der Waals surface area contributed by atoms with Gasteiger partial charge in [-0.1, -0.05) is 13.8 Å². The molecule has 0 radical (unpaired) electrons. The molecule has 0 spiro atoms. The number of nitro groups is 1. The summed E-state index contributed by atoms with van der Waals surface area (Å²) < 4.78 is 32.0. The first-order valence-electron chi connectivity index (χ1n) is 9.31. The van der Waals surface area contributed by atoms with Gasteiger partial charge in [0.05, 0.1) is 16.0 Å². The topological polar surface area (TPSA) is 140 Å². The normalized spacial score (nSPS) is 11.3. The number of sulfonamides is 1. The summed E-state index contributed by atoms with van der Waals surface area (Å²) in [6, 6.07) is 9.07. The number of benzene rings is 1. The molecule has 11 nitrogen and oxygen atoms in total. The molecule has 0 aliphatic carbocycles. The van der Waals surface area contributed by atoms with Crippen molar-refractivity contribution in [2.45, 2.75) is 18.7 Å². The molecule has 0 saturated heterocycles.